The molecule has 0 saturated carbocycles. The van der Waals surface area contributed by atoms with E-state index in [0.29, 0.717) is 11.3 Å². The summed E-state index contributed by atoms with van der Waals surface area (Å²) in [6.45, 7) is 7.09. The Balaban J connectivity index is 1.65. The van der Waals surface area contributed by atoms with Crippen molar-refractivity contribution < 1.29 is 0 Å². The molecule has 1 atom stereocenters. The number of nitrogens with one attached hydrogen (secondary N) is 1. The van der Waals surface area contributed by atoms with Gasteiger partial charge in [-0.15, -0.1) is 11.3 Å². The van der Waals surface area contributed by atoms with Crippen molar-refractivity contribution in [2.45, 2.75) is 46.5 Å². The molecule has 27 heavy (non-hydrogen) atoms. The summed E-state index contributed by atoms with van der Waals surface area (Å²) >= 11 is 1.81. The van der Waals surface area contributed by atoms with Crippen LogP contribution in [0.5, 0.6) is 0 Å². The van der Waals surface area contributed by atoms with Crippen molar-refractivity contribution in [1.82, 2.24) is 15.0 Å². The van der Waals surface area contributed by atoms with E-state index in [1.807, 2.05) is 23.5 Å². The molecule has 3 aromatic rings. The summed E-state index contributed by atoms with van der Waals surface area (Å²) in [5.41, 5.74) is 5.93. The molecule has 3 heterocycles. The standard InChI is InChI=1S/C21H25N5S/c1-4-21(2,3)15-5-6-17-16(11-15)18-19(23-13-24-20(18)27-17)26-25-12-14-7-9-22-10-8-14/h7-10,12-13,15H,4-6,11H2,1-3H3,(H,23,24,26)/b25-12+. The molecule has 4 rings (SSSR count). The Bertz CT molecular complexity index is 961. The minimum absolute atomic E-state index is 0.356. The smallest absolute Gasteiger partial charge is 0.158 e. The summed E-state index contributed by atoms with van der Waals surface area (Å²) in [7, 11) is 0. The molecule has 1 unspecified atom stereocenters. The molecule has 0 spiro atoms. The molecular weight excluding hydrogens is 354 g/mol. The van der Waals surface area contributed by atoms with Crippen LogP contribution in [-0.4, -0.2) is 21.2 Å². The van der Waals surface area contributed by atoms with Gasteiger partial charge in [0, 0.05) is 17.3 Å². The van der Waals surface area contributed by atoms with Crippen LogP contribution in [0, 0.1) is 11.3 Å². The summed E-state index contributed by atoms with van der Waals surface area (Å²) in [5, 5.41) is 5.54. The number of pyridine rings is 1. The Labute approximate surface area is 164 Å². The predicted octanol–water partition coefficient (Wildman–Crippen LogP) is 5.07. The van der Waals surface area contributed by atoms with Gasteiger partial charge in [-0.3, -0.25) is 10.4 Å². The maximum Gasteiger partial charge on any atom is 0.158 e. The summed E-state index contributed by atoms with van der Waals surface area (Å²) in [5.74, 6) is 1.50. The fourth-order valence-electron chi connectivity index (χ4n) is 3.77. The van der Waals surface area contributed by atoms with Crippen LogP contribution in [0.1, 0.15) is 49.6 Å². The van der Waals surface area contributed by atoms with Crippen LogP contribution in [-0.2, 0) is 12.8 Å². The lowest BCUT2D eigenvalue weighted by atomic mass is 9.69. The van der Waals surface area contributed by atoms with Crippen molar-refractivity contribution in [2.24, 2.45) is 16.4 Å². The van der Waals surface area contributed by atoms with E-state index in [1.165, 1.54) is 23.3 Å². The van der Waals surface area contributed by atoms with Crippen molar-refractivity contribution in [1.29, 1.82) is 0 Å². The molecule has 0 amide bonds. The molecule has 0 saturated heterocycles. The number of aryl methyl sites for hydroxylation is 1. The highest BCUT2D eigenvalue weighted by Crippen LogP contribution is 2.45. The van der Waals surface area contributed by atoms with Gasteiger partial charge in [0.15, 0.2) is 5.82 Å². The van der Waals surface area contributed by atoms with E-state index >= 15 is 0 Å². The predicted molar refractivity (Wildman–Crippen MR) is 112 cm³/mol. The van der Waals surface area contributed by atoms with Crippen LogP contribution in [0.2, 0.25) is 0 Å². The van der Waals surface area contributed by atoms with Crippen molar-refractivity contribution in [3.63, 3.8) is 0 Å². The number of fused-ring (bicyclic) bond motifs is 3. The lowest BCUT2D eigenvalue weighted by molar-refractivity contribution is 0.184. The van der Waals surface area contributed by atoms with Crippen LogP contribution in [0.25, 0.3) is 10.2 Å². The number of hydrogen-bond donors (Lipinski definition) is 1. The van der Waals surface area contributed by atoms with Crippen molar-refractivity contribution in [3.8, 4) is 0 Å². The molecule has 0 bridgehead atoms. The van der Waals surface area contributed by atoms with Gasteiger partial charge in [-0.2, -0.15) is 5.10 Å². The molecule has 0 aliphatic heterocycles. The van der Waals surface area contributed by atoms with Crippen LogP contribution in [0.15, 0.2) is 36.0 Å². The lowest BCUT2D eigenvalue weighted by Gasteiger charge is -2.36. The Morgan fingerprint density at radius 1 is 1.30 bits per heavy atom. The molecule has 0 fully saturated rings. The number of hydrogen-bond acceptors (Lipinski definition) is 6. The average Bonchev–Trinajstić information content (AvgIpc) is 3.07. The molecule has 5 nitrogen and oxygen atoms in total. The van der Waals surface area contributed by atoms with E-state index in [0.717, 1.165) is 34.4 Å². The van der Waals surface area contributed by atoms with Gasteiger partial charge in [-0.05, 0) is 53.9 Å². The Kier molecular flexibility index (Phi) is 4.91. The average molecular weight is 380 g/mol. The Hall–Kier alpha value is -2.34. The van der Waals surface area contributed by atoms with E-state index in [9.17, 15) is 0 Å². The fourth-order valence-corrected chi connectivity index (χ4v) is 4.95. The molecular formula is C21H25N5S. The van der Waals surface area contributed by atoms with Crippen LogP contribution >= 0.6 is 11.3 Å². The van der Waals surface area contributed by atoms with E-state index < -0.39 is 0 Å². The molecule has 0 aromatic carbocycles. The second-order valence-corrected chi connectivity index (χ2v) is 8.92. The zero-order valence-electron chi connectivity index (χ0n) is 16.1. The van der Waals surface area contributed by atoms with Crippen molar-refractivity contribution in [2.75, 3.05) is 5.43 Å². The van der Waals surface area contributed by atoms with E-state index in [2.05, 4.69) is 46.3 Å². The van der Waals surface area contributed by atoms with Gasteiger partial charge in [0.05, 0.1) is 11.6 Å². The van der Waals surface area contributed by atoms with Gasteiger partial charge in [-0.1, -0.05) is 27.2 Å². The molecule has 3 aromatic heterocycles. The Morgan fingerprint density at radius 2 is 2.11 bits per heavy atom. The fraction of sp³-hybridized carbons (Fsp3) is 0.429. The summed E-state index contributed by atoms with van der Waals surface area (Å²) < 4.78 is 0. The van der Waals surface area contributed by atoms with Crippen molar-refractivity contribution >= 4 is 33.6 Å². The highest BCUT2D eigenvalue weighted by Gasteiger charge is 2.33. The Morgan fingerprint density at radius 3 is 2.89 bits per heavy atom. The topological polar surface area (TPSA) is 63.1 Å². The first-order valence-corrected chi connectivity index (χ1v) is 10.3. The second-order valence-electron chi connectivity index (χ2n) is 7.84. The SMILES string of the molecule is CCC(C)(C)C1CCc2sc3ncnc(N/N=C/c4ccncc4)c3c2C1. The van der Waals surface area contributed by atoms with Gasteiger partial charge in [0.1, 0.15) is 11.2 Å². The lowest BCUT2D eigenvalue weighted by Crippen LogP contribution is -2.28. The third kappa shape index (κ3) is 3.58. The summed E-state index contributed by atoms with van der Waals surface area (Å²) in [6.07, 6.45) is 11.6. The zero-order valence-corrected chi connectivity index (χ0v) is 16.9. The van der Waals surface area contributed by atoms with Gasteiger partial charge < -0.3 is 0 Å². The van der Waals surface area contributed by atoms with Gasteiger partial charge in [-0.25, -0.2) is 9.97 Å². The molecule has 6 heteroatoms. The maximum atomic E-state index is 4.53. The van der Waals surface area contributed by atoms with Crippen LogP contribution in [0.3, 0.4) is 0 Å². The third-order valence-electron chi connectivity index (χ3n) is 5.95. The normalized spacial score (nSPS) is 17.4. The highest BCUT2D eigenvalue weighted by atomic mass is 32.1. The highest BCUT2D eigenvalue weighted by molar-refractivity contribution is 7.19. The number of nitrogens with zero attached hydrogens (tertiary/aromatic N) is 4. The molecule has 1 aliphatic carbocycles. The molecule has 1 N–H and O–H groups in total. The first-order valence-electron chi connectivity index (χ1n) is 9.53. The van der Waals surface area contributed by atoms with Crippen molar-refractivity contribution in [3.05, 3.63) is 46.9 Å². The molecule has 140 valence electrons. The van der Waals surface area contributed by atoms with E-state index in [-0.39, 0.29) is 0 Å². The summed E-state index contributed by atoms with van der Waals surface area (Å²) in [6, 6.07) is 3.84. The number of anilines is 1. The minimum Gasteiger partial charge on any atom is -0.265 e. The molecule has 1 aliphatic rings. The first kappa shape index (κ1) is 18.0. The number of hydrazone groups is 1. The van der Waals surface area contributed by atoms with Crippen LogP contribution in [0.4, 0.5) is 5.82 Å². The molecule has 0 radical (unpaired) electrons. The number of aromatic nitrogens is 3. The van der Waals surface area contributed by atoms with E-state index in [4.69, 9.17) is 0 Å². The number of rotatable bonds is 5. The quantitative estimate of drug-likeness (QED) is 0.496. The minimum atomic E-state index is 0.356. The summed E-state index contributed by atoms with van der Waals surface area (Å²) in [4.78, 5) is 15.6. The number of thiophene rings is 1. The van der Waals surface area contributed by atoms with E-state index in [1.54, 1.807) is 24.9 Å². The van der Waals surface area contributed by atoms with Gasteiger partial charge in [0.2, 0.25) is 0 Å². The maximum absolute atomic E-state index is 4.53. The van der Waals surface area contributed by atoms with Gasteiger partial charge >= 0.3 is 0 Å². The van der Waals surface area contributed by atoms with Gasteiger partial charge in [0.25, 0.3) is 0 Å². The largest absolute Gasteiger partial charge is 0.265 e. The van der Waals surface area contributed by atoms with Crippen LogP contribution < -0.4 is 5.43 Å². The second kappa shape index (κ2) is 7.35. The zero-order chi connectivity index (χ0) is 18.9. The first-order chi connectivity index (χ1) is 13.1. The third-order valence-corrected chi connectivity index (χ3v) is 7.15. The monoisotopic (exact) mass is 379 g/mol.